The van der Waals surface area contributed by atoms with Crippen molar-refractivity contribution in [2.45, 2.75) is 26.8 Å². The van der Waals surface area contributed by atoms with Crippen LogP contribution in [0.5, 0.6) is 0 Å². The Morgan fingerprint density at radius 1 is 0.808 bits per heavy atom. The first kappa shape index (κ1) is 16.7. The van der Waals surface area contributed by atoms with Gasteiger partial charge in [0.25, 0.3) is 0 Å². The van der Waals surface area contributed by atoms with Crippen molar-refractivity contribution in [3.63, 3.8) is 0 Å². The number of anilines is 2. The van der Waals surface area contributed by atoms with Gasteiger partial charge in [0.2, 0.25) is 0 Å². The quantitative estimate of drug-likeness (QED) is 0.482. The van der Waals surface area contributed by atoms with Crippen molar-refractivity contribution >= 4 is 11.4 Å². The molecule has 4 rings (SSSR count). The molecule has 0 fully saturated rings. The summed E-state index contributed by atoms with van der Waals surface area (Å²) in [6, 6.07) is 24.3. The van der Waals surface area contributed by atoms with E-state index in [0.717, 1.165) is 26.1 Å². The molecule has 0 heterocycles. The highest BCUT2D eigenvalue weighted by molar-refractivity contribution is 5.81. The molecule has 1 aliphatic rings. The summed E-state index contributed by atoms with van der Waals surface area (Å²) in [6.45, 7) is 7.39. The van der Waals surface area contributed by atoms with Gasteiger partial charge in [0, 0.05) is 31.0 Å². The Morgan fingerprint density at radius 3 is 2.38 bits per heavy atom. The Hall–Kier alpha value is -2.74. The largest absolute Gasteiger partial charge is 0.381 e. The van der Waals surface area contributed by atoms with E-state index in [1.165, 1.54) is 39.2 Å². The molecule has 132 valence electrons. The lowest BCUT2D eigenvalue weighted by molar-refractivity contribution is 0.866. The fourth-order valence-corrected chi connectivity index (χ4v) is 3.87. The predicted molar refractivity (Wildman–Crippen MR) is 112 cm³/mol. The van der Waals surface area contributed by atoms with Gasteiger partial charge in [-0.25, -0.2) is 0 Å². The topological polar surface area (TPSA) is 15.3 Å². The lowest BCUT2D eigenvalue weighted by Crippen LogP contribution is -2.21. The van der Waals surface area contributed by atoms with E-state index in [-0.39, 0.29) is 0 Å². The molecule has 0 spiro atoms. The molecular weight excluding hydrogens is 316 g/mol. The molecule has 1 aliphatic carbocycles. The van der Waals surface area contributed by atoms with Crippen molar-refractivity contribution in [1.29, 1.82) is 0 Å². The SMILES string of the molecule is CCN(CC)c1ccc2c(c1)-c1ccc(NCc3ccccc3)cc1C2. The van der Waals surface area contributed by atoms with E-state index < -0.39 is 0 Å². The fourth-order valence-electron chi connectivity index (χ4n) is 3.87. The minimum Gasteiger partial charge on any atom is -0.381 e. The van der Waals surface area contributed by atoms with Gasteiger partial charge >= 0.3 is 0 Å². The van der Waals surface area contributed by atoms with Crippen molar-refractivity contribution in [2.24, 2.45) is 0 Å². The van der Waals surface area contributed by atoms with E-state index in [0.29, 0.717) is 0 Å². The van der Waals surface area contributed by atoms with E-state index in [1.54, 1.807) is 0 Å². The van der Waals surface area contributed by atoms with Gasteiger partial charge in [-0.3, -0.25) is 0 Å². The summed E-state index contributed by atoms with van der Waals surface area (Å²) in [7, 11) is 0. The number of hydrogen-bond donors (Lipinski definition) is 1. The van der Waals surface area contributed by atoms with Gasteiger partial charge in [0.05, 0.1) is 0 Å². The Balaban J connectivity index is 1.56. The summed E-state index contributed by atoms with van der Waals surface area (Å²) < 4.78 is 0. The van der Waals surface area contributed by atoms with Crippen LogP contribution in [0.4, 0.5) is 11.4 Å². The normalized spacial score (nSPS) is 11.8. The Bertz CT molecular complexity index is 895. The monoisotopic (exact) mass is 342 g/mol. The van der Waals surface area contributed by atoms with Crippen LogP contribution in [-0.4, -0.2) is 13.1 Å². The molecule has 3 aromatic rings. The van der Waals surface area contributed by atoms with E-state index in [9.17, 15) is 0 Å². The summed E-state index contributed by atoms with van der Waals surface area (Å²) in [6.07, 6.45) is 1.03. The molecule has 0 aliphatic heterocycles. The van der Waals surface area contributed by atoms with Crippen molar-refractivity contribution in [3.8, 4) is 11.1 Å². The lowest BCUT2D eigenvalue weighted by atomic mass is 10.0. The molecule has 0 atom stereocenters. The van der Waals surface area contributed by atoms with Crippen LogP contribution in [-0.2, 0) is 13.0 Å². The average Bonchev–Trinajstić information content (AvgIpc) is 3.05. The number of hydrogen-bond acceptors (Lipinski definition) is 2. The second kappa shape index (κ2) is 7.25. The molecule has 0 bridgehead atoms. The van der Waals surface area contributed by atoms with Crippen molar-refractivity contribution in [2.75, 3.05) is 23.3 Å². The number of fused-ring (bicyclic) bond motifs is 3. The van der Waals surface area contributed by atoms with Gasteiger partial charge in [-0.05, 0) is 72.4 Å². The Kier molecular flexibility index (Phi) is 4.66. The summed E-state index contributed by atoms with van der Waals surface area (Å²) in [4.78, 5) is 2.41. The highest BCUT2D eigenvalue weighted by Crippen LogP contribution is 2.39. The molecule has 0 aromatic heterocycles. The fraction of sp³-hybridized carbons (Fsp3) is 0.250. The minimum absolute atomic E-state index is 0.860. The Morgan fingerprint density at radius 2 is 1.62 bits per heavy atom. The van der Waals surface area contributed by atoms with Crippen molar-refractivity contribution in [3.05, 3.63) is 83.4 Å². The first-order valence-corrected chi connectivity index (χ1v) is 9.57. The molecule has 0 saturated heterocycles. The lowest BCUT2D eigenvalue weighted by Gasteiger charge is -2.21. The standard InChI is InChI=1S/C24H26N2/c1-3-26(4-2)22-12-10-19-14-20-15-21(11-13-23(20)24(19)16-22)25-17-18-8-6-5-7-9-18/h5-13,15-16,25H,3-4,14,17H2,1-2H3. The number of rotatable bonds is 6. The zero-order chi connectivity index (χ0) is 17.9. The van der Waals surface area contributed by atoms with Crippen molar-refractivity contribution in [1.82, 2.24) is 0 Å². The molecule has 3 aromatic carbocycles. The van der Waals surface area contributed by atoms with Crippen LogP contribution >= 0.6 is 0 Å². The average molecular weight is 342 g/mol. The maximum absolute atomic E-state index is 3.56. The molecule has 0 amide bonds. The van der Waals surface area contributed by atoms with Gasteiger partial charge < -0.3 is 10.2 Å². The molecule has 2 heteroatoms. The first-order valence-electron chi connectivity index (χ1n) is 9.57. The van der Waals surface area contributed by atoms with Crippen LogP contribution in [0.1, 0.15) is 30.5 Å². The van der Waals surface area contributed by atoms with Crippen molar-refractivity contribution < 1.29 is 0 Å². The summed E-state index contributed by atoms with van der Waals surface area (Å²) in [5.41, 5.74) is 9.49. The summed E-state index contributed by atoms with van der Waals surface area (Å²) in [5, 5.41) is 3.56. The Labute approximate surface area is 156 Å². The third kappa shape index (κ3) is 3.20. The van der Waals surface area contributed by atoms with Gasteiger partial charge in [-0.2, -0.15) is 0 Å². The molecule has 26 heavy (non-hydrogen) atoms. The van der Waals surface area contributed by atoms with Gasteiger partial charge in [0.1, 0.15) is 0 Å². The van der Waals surface area contributed by atoms with Gasteiger partial charge in [-0.1, -0.05) is 42.5 Å². The van der Waals surface area contributed by atoms with Crippen LogP contribution in [0.2, 0.25) is 0 Å². The second-order valence-corrected chi connectivity index (χ2v) is 6.90. The summed E-state index contributed by atoms with van der Waals surface area (Å²) >= 11 is 0. The third-order valence-corrected chi connectivity index (χ3v) is 5.34. The van der Waals surface area contributed by atoms with E-state index in [4.69, 9.17) is 0 Å². The number of nitrogens with zero attached hydrogens (tertiary/aromatic N) is 1. The van der Waals surface area contributed by atoms with Gasteiger partial charge in [-0.15, -0.1) is 0 Å². The number of nitrogens with one attached hydrogen (secondary N) is 1. The smallest absolute Gasteiger partial charge is 0.0400 e. The predicted octanol–water partition coefficient (Wildman–Crippen LogP) is 5.72. The summed E-state index contributed by atoms with van der Waals surface area (Å²) in [5.74, 6) is 0. The first-order chi connectivity index (χ1) is 12.8. The maximum Gasteiger partial charge on any atom is 0.0400 e. The van der Waals surface area contributed by atoms with Crippen LogP contribution in [0.15, 0.2) is 66.7 Å². The molecular formula is C24H26N2. The van der Waals surface area contributed by atoms with Crippen LogP contribution in [0, 0.1) is 0 Å². The zero-order valence-corrected chi connectivity index (χ0v) is 15.6. The molecule has 1 N–H and O–H groups in total. The molecule has 2 nitrogen and oxygen atoms in total. The van der Waals surface area contributed by atoms with E-state index >= 15 is 0 Å². The zero-order valence-electron chi connectivity index (χ0n) is 15.6. The van der Waals surface area contributed by atoms with E-state index in [2.05, 4.69) is 90.8 Å². The van der Waals surface area contributed by atoms with Crippen LogP contribution < -0.4 is 10.2 Å². The van der Waals surface area contributed by atoms with Gasteiger partial charge in [0.15, 0.2) is 0 Å². The molecule has 0 saturated carbocycles. The third-order valence-electron chi connectivity index (χ3n) is 5.34. The van der Waals surface area contributed by atoms with Crippen LogP contribution in [0.25, 0.3) is 11.1 Å². The number of benzene rings is 3. The van der Waals surface area contributed by atoms with Crippen LogP contribution in [0.3, 0.4) is 0 Å². The highest BCUT2D eigenvalue weighted by Gasteiger charge is 2.19. The second-order valence-electron chi connectivity index (χ2n) is 6.90. The molecule has 0 unspecified atom stereocenters. The van der Waals surface area contributed by atoms with E-state index in [1.807, 2.05) is 0 Å². The maximum atomic E-state index is 3.56. The molecule has 0 radical (unpaired) electrons. The highest BCUT2D eigenvalue weighted by atomic mass is 15.1. The minimum atomic E-state index is 0.860.